The number of aromatic nitrogens is 2. The van der Waals surface area contributed by atoms with Crippen molar-refractivity contribution in [3.63, 3.8) is 0 Å². The minimum Gasteiger partial charge on any atom is -0.478 e. The average Bonchev–Trinajstić information content (AvgIpc) is 1.90. The Bertz CT molecular complexity index is 214. The van der Waals surface area contributed by atoms with Crippen molar-refractivity contribution in [3.8, 4) is 0 Å². The fourth-order valence-corrected chi connectivity index (χ4v) is 0.410. The van der Waals surface area contributed by atoms with Crippen LogP contribution < -0.4 is 0 Å². The van der Waals surface area contributed by atoms with E-state index >= 15 is 0 Å². The van der Waals surface area contributed by atoms with Crippen LogP contribution in [0.5, 0.6) is 0 Å². The van der Waals surface area contributed by atoms with Crippen molar-refractivity contribution in [3.05, 3.63) is 24.3 Å². The molecule has 0 radical (unpaired) electrons. The Morgan fingerprint density at radius 1 is 1.40 bits per heavy atom. The summed E-state index contributed by atoms with van der Waals surface area (Å²) in [6.45, 7) is 0. The van der Waals surface area contributed by atoms with Crippen molar-refractivity contribution < 1.29 is 9.90 Å². The van der Waals surface area contributed by atoms with E-state index in [1.165, 1.54) is 18.7 Å². The van der Waals surface area contributed by atoms with Crippen molar-refractivity contribution in [2.45, 2.75) is 0 Å². The Morgan fingerprint density at radius 2 is 1.90 bits per heavy atom. The molecule has 0 fully saturated rings. The first-order valence-corrected chi connectivity index (χ1v) is 2.29. The SMILES string of the molecule is Cl.O=C(O)c1cncnc1. The van der Waals surface area contributed by atoms with Gasteiger partial charge in [-0.25, -0.2) is 14.8 Å². The first-order valence-electron chi connectivity index (χ1n) is 2.29. The third-order valence-corrected chi connectivity index (χ3v) is 0.808. The molecule has 4 nitrogen and oxygen atoms in total. The third kappa shape index (κ3) is 1.99. The second-order valence-electron chi connectivity index (χ2n) is 1.43. The summed E-state index contributed by atoms with van der Waals surface area (Å²) in [5.41, 5.74) is 0.109. The average molecular weight is 161 g/mol. The van der Waals surface area contributed by atoms with Gasteiger partial charge in [0.05, 0.1) is 5.56 Å². The van der Waals surface area contributed by atoms with E-state index in [1.807, 2.05) is 0 Å². The van der Waals surface area contributed by atoms with Gasteiger partial charge in [-0.3, -0.25) is 0 Å². The van der Waals surface area contributed by atoms with E-state index in [9.17, 15) is 4.79 Å². The van der Waals surface area contributed by atoms with Gasteiger partial charge in [-0.1, -0.05) is 0 Å². The van der Waals surface area contributed by atoms with Gasteiger partial charge in [0, 0.05) is 12.4 Å². The van der Waals surface area contributed by atoms with Crippen molar-refractivity contribution in [2.75, 3.05) is 0 Å². The molecule has 0 aliphatic rings. The summed E-state index contributed by atoms with van der Waals surface area (Å²) < 4.78 is 0. The van der Waals surface area contributed by atoms with Crippen molar-refractivity contribution in [1.82, 2.24) is 9.97 Å². The van der Waals surface area contributed by atoms with Crippen molar-refractivity contribution >= 4 is 18.4 Å². The quantitative estimate of drug-likeness (QED) is 0.654. The van der Waals surface area contributed by atoms with Gasteiger partial charge >= 0.3 is 5.97 Å². The largest absolute Gasteiger partial charge is 0.478 e. The fraction of sp³-hybridized carbons (Fsp3) is 0. The van der Waals surface area contributed by atoms with Gasteiger partial charge in [0.1, 0.15) is 6.33 Å². The van der Waals surface area contributed by atoms with E-state index < -0.39 is 5.97 Å². The lowest BCUT2D eigenvalue weighted by Gasteiger charge is -1.86. The molecular formula is C5H5ClN2O2. The van der Waals surface area contributed by atoms with E-state index in [0.717, 1.165) is 0 Å². The maximum atomic E-state index is 10.1. The number of carboxylic acid groups (broad SMARTS) is 1. The molecule has 5 heteroatoms. The minimum absolute atomic E-state index is 0. The Kier molecular flexibility index (Phi) is 3.35. The smallest absolute Gasteiger partial charge is 0.338 e. The Labute approximate surface area is 63.3 Å². The normalized spacial score (nSPS) is 8.00. The van der Waals surface area contributed by atoms with Crippen molar-refractivity contribution in [2.24, 2.45) is 0 Å². The van der Waals surface area contributed by atoms with E-state index in [0.29, 0.717) is 0 Å². The predicted molar refractivity (Wildman–Crippen MR) is 36.2 cm³/mol. The summed E-state index contributed by atoms with van der Waals surface area (Å²) in [5, 5.41) is 8.30. The number of halogens is 1. The molecule has 1 rings (SSSR count). The number of hydrogen-bond donors (Lipinski definition) is 1. The van der Waals surface area contributed by atoms with Crippen LogP contribution in [0, 0.1) is 0 Å². The Morgan fingerprint density at radius 3 is 2.20 bits per heavy atom. The molecule has 1 heterocycles. The number of carbonyl (C=O) groups is 1. The molecule has 0 aliphatic carbocycles. The van der Waals surface area contributed by atoms with E-state index in [1.54, 1.807) is 0 Å². The highest BCUT2D eigenvalue weighted by Gasteiger charge is 1.98. The van der Waals surface area contributed by atoms with Crippen LogP contribution in [-0.2, 0) is 0 Å². The molecule has 0 unspecified atom stereocenters. The molecule has 0 saturated carbocycles. The van der Waals surface area contributed by atoms with Crippen LogP contribution in [0.25, 0.3) is 0 Å². The zero-order valence-electron chi connectivity index (χ0n) is 4.89. The van der Waals surface area contributed by atoms with Gasteiger partial charge < -0.3 is 5.11 Å². The van der Waals surface area contributed by atoms with Crippen LogP contribution in [-0.4, -0.2) is 21.0 Å². The number of nitrogens with zero attached hydrogens (tertiary/aromatic N) is 2. The number of carboxylic acids is 1. The minimum atomic E-state index is -1.00. The molecule has 1 N–H and O–H groups in total. The summed E-state index contributed by atoms with van der Waals surface area (Å²) in [6.07, 6.45) is 3.77. The molecule has 1 aromatic rings. The highest BCUT2D eigenvalue weighted by atomic mass is 35.5. The van der Waals surface area contributed by atoms with Crippen LogP contribution in [0.15, 0.2) is 18.7 Å². The third-order valence-electron chi connectivity index (χ3n) is 0.808. The summed E-state index contributed by atoms with van der Waals surface area (Å²) in [4.78, 5) is 17.1. The molecule has 54 valence electrons. The maximum Gasteiger partial charge on any atom is 0.338 e. The monoisotopic (exact) mass is 160 g/mol. The lowest BCUT2D eigenvalue weighted by molar-refractivity contribution is 0.0696. The second kappa shape index (κ2) is 3.79. The lowest BCUT2D eigenvalue weighted by atomic mass is 10.4. The number of aromatic carboxylic acids is 1. The predicted octanol–water partition coefficient (Wildman–Crippen LogP) is 0.597. The first-order chi connectivity index (χ1) is 4.30. The topological polar surface area (TPSA) is 63.1 Å². The van der Waals surface area contributed by atoms with Crippen LogP contribution in [0.1, 0.15) is 10.4 Å². The standard InChI is InChI=1S/C5H4N2O2.ClH/c8-5(9)4-1-6-3-7-2-4;/h1-3H,(H,8,9);1H. The van der Waals surface area contributed by atoms with E-state index in [2.05, 4.69) is 9.97 Å². The van der Waals surface area contributed by atoms with Gasteiger partial charge in [-0.2, -0.15) is 0 Å². The van der Waals surface area contributed by atoms with Crippen LogP contribution >= 0.6 is 12.4 Å². The van der Waals surface area contributed by atoms with Gasteiger partial charge in [0.15, 0.2) is 0 Å². The van der Waals surface area contributed by atoms with E-state index in [-0.39, 0.29) is 18.0 Å². The summed E-state index contributed by atoms with van der Waals surface area (Å²) in [7, 11) is 0. The molecule has 0 saturated heterocycles. The highest BCUT2D eigenvalue weighted by Crippen LogP contribution is 1.89. The molecule has 0 atom stereocenters. The van der Waals surface area contributed by atoms with E-state index in [4.69, 9.17) is 5.11 Å². The van der Waals surface area contributed by atoms with Crippen LogP contribution in [0.3, 0.4) is 0 Å². The van der Waals surface area contributed by atoms with Crippen molar-refractivity contribution in [1.29, 1.82) is 0 Å². The van der Waals surface area contributed by atoms with Gasteiger partial charge in [0.2, 0.25) is 0 Å². The second-order valence-corrected chi connectivity index (χ2v) is 1.43. The lowest BCUT2D eigenvalue weighted by Crippen LogP contribution is -1.96. The zero-order valence-corrected chi connectivity index (χ0v) is 5.71. The van der Waals surface area contributed by atoms with Crippen LogP contribution in [0.4, 0.5) is 0 Å². The van der Waals surface area contributed by atoms with Crippen LogP contribution in [0.2, 0.25) is 0 Å². The summed E-state index contributed by atoms with van der Waals surface area (Å²) >= 11 is 0. The Hall–Kier alpha value is -1.16. The van der Waals surface area contributed by atoms with Gasteiger partial charge in [0.25, 0.3) is 0 Å². The maximum absolute atomic E-state index is 10.1. The highest BCUT2D eigenvalue weighted by molar-refractivity contribution is 5.86. The molecule has 0 aliphatic heterocycles. The molecule has 0 aromatic carbocycles. The fourth-order valence-electron chi connectivity index (χ4n) is 0.410. The Balaban J connectivity index is 0.000000810. The first kappa shape index (κ1) is 8.84. The molecule has 0 bridgehead atoms. The zero-order chi connectivity index (χ0) is 6.69. The molecular weight excluding hydrogens is 156 g/mol. The molecule has 10 heavy (non-hydrogen) atoms. The van der Waals surface area contributed by atoms with Gasteiger partial charge in [-0.05, 0) is 0 Å². The molecule has 0 amide bonds. The summed E-state index contributed by atoms with van der Waals surface area (Å²) in [6, 6.07) is 0. The number of rotatable bonds is 1. The summed E-state index contributed by atoms with van der Waals surface area (Å²) in [5.74, 6) is -1.00. The molecule has 0 spiro atoms. The van der Waals surface area contributed by atoms with Gasteiger partial charge in [-0.15, -0.1) is 12.4 Å². The molecule has 1 aromatic heterocycles. The number of hydrogen-bond acceptors (Lipinski definition) is 3.